The van der Waals surface area contributed by atoms with Gasteiger partial charge in [0.25, 0.3) is 11.8 Å². The Hall–Kier alpha value is -1.34. The standard InChI is InChI=1S/C14H18Cl2N4O2/c1-19-4-6-20(7-5-19)18-13(21)9-17-14(22)11-3-2-10(15)8-12(11)16/h2-3,8H,4-7,9H2,1H3,(H,17,22)(H,18,21). The van der Waals surface area contributed by atoms with Gasteiger partial charge in [0.15, 0.2) is 0 Å². The fraction of sp³-hybridized carbons (Fsp3) is 0.429. The van der Waals surface area contributed by atoms with Crippen molar-refractivity contribution >= 4 is 35.0 Å². The van der Waals surface area contributed by atoms with Gasteiger partial charge in [0, 0.05) is 31.2 Å². The lowest BCUT2D eigenvalue weighted by Crippen LogP contribution is -2.54. The first-order chi connectivity index (χ1) is 10.5. The van der Waals surface area contributed by atoms with E-state index in [0.29, 0.717) is 10.6 Å². The van der Waals surface area contributed by atoms with Crippen molar-refractivity contribution in [1.29, 1.82) is 0 Å². The summed E-state index contributed by atoms with van der Waals surface area (Å²) in [6.45, 7) is 3.21. The van der Waals surface area contributed by atoms with Crippen LogP contribution in [0.15, 0.2) is 18.2 Å². The highest BCUT2D eigenvalue weighted by Gasteiger charge is 2.17. The minimum atomic E-state index is -0.407. The largest absolute Gasteiger partial charge is 0.343 e. The zero-order valence-corrected chi connectivity index (χ0v) is 13.7. The maximum atomic E-state index is 12.0. The third kappa shape index (κ3) is 4.84. The molecule has 1 saturated heterocycles. The van der Waals surface area contributed by atoms with E-state index in [-0.39, 0.29) is 17.5 Å². The van der Waals surface area contributed by atoms with Gasteiger partial charge in [-0.15, -0.1) is 0 Å². The molecule has 1 aromatic carbocycles. The molecule has 1 aromatic rings. The lowest BCUT2D eigenvalue weighted by atomic mass is 10.2. The summed E-state index contributed by atoms with van der Waals surface area (Å²) in [5.41, 5.74) is 3.06. The number of hydrogen-bond donors (Lipinski definition) is 2. The van der Waals surface area contributed by atoms with Gasteiger partial charge in [-0.1, -0.05) is 23.2 Å². The molecule has 1 aliphatic heterocycles. The fourth-order valence-electron chi connectivity index (χ4n) is 2.06. The number of hydrogen-bond acceptors (Lipinski definition) is 4. The van der Waals surface area contributed by atoms with Gasteiger partial charge in [0.2, 0.25) is 0 Å². The van der Waals surface area contributed by atoms with E-state index in [1.807, 2.05) is 12.1 Å². The maximum absolute atomic E-state index is 12.0. The lowest BCUT2D eigenvalue weighted by Gasteiger charge is -2.32. The highest BCUT2D eigenvalue weighted by Crippen LogP contribution is 2.20. The topological polar surface area (TPSA) is 64.7 Å². The summed E-state index contributed by atoms with van der Waals surface area (Å²) < 4.78 is 0. The van der Waals surface area contributed by atoms with Gasteiger partial charge in [-0.3, -0.25) is 15.0 Å². The molecule has 0 bridgehead atoms. The van der Waals surface area contributed by atoms with Crippen molar-refractivity contribution in [2.75, 3.05) is 39.8 Å². The molecule has 1 aliphatic rings. The van der Waals surface area contributed by atoms with Gasteiger partial charge in [-0.25, -0.2) is 5.01 Å². The third-order valence-corrected chi connectivity index (χ3v) is 3.92. The van der Waals surface area contributed by atoms with E-state index in [1.54, 1.807) is 6.07 Å². The minimum Gasteiger partial charge on any atom is -0.343 e. The molecule has 0 saturated carbocycles. The Morgan fingerprint density at radius 1 is 1.18 bits per heavy atom. The van der Waals surface area contributed by atoms with Crippen molar-refractivity contribution in [2.45, 2.75) is 0 Å². The molecular weight excluding hydrogens is 327 g/mol. The summed E-state index contributed by atoms with van der Waals surface area (Å²) in [4.78, 5) is 26.0. The van der Waals surface area contributed by atoms with E-state index in [0.717, 1.165) is 26.2 Å². The van der Waals surface area contributed by atoms with Crippen LogP contribution in [0, 0.1) is 0 Å². The van der Waals surface area contributed by atoms with Crippen molar-refractivity contribution in [2.24, 2.45) is 0 Å². The first-order valence-electron chi connectivity index (χ1n) is 6.92. The van der Waals surface area contributed by atoms with Gasteiger partial charge < -0.3 is 10.2 Å². The second kappa shape index (κ2) is 7.78. The van der Waals surface area contributed by atoms with Crippen LogP contribution in [-0.4, -0.2) is 61.5 Å². The molecule has 1 heterocycles. The normalized spacial score (nSPS) is 16.3. The SMILES string of the molecule is CN1CCN(NC(=O)CNC(=O)c2ccc(Cl)cc2Cl)CC1. The highest BCUT2D eigenvalue weighted by molar-refractivity contribution is 6.36. The first-order valence-corrected chi connectivity index (χ1v) is 7.67. The maximum Gasteiger partial charge on any atom is 0.253 e. The molecule has 0 radical (unpaired) electrons. The Morgan fingerprint density at radius 2 is 1.86 bits per heavy atom. The summed E-state index contributed by atoms with van der Waals surface area (Å²) in [7, 11) is 2.04. The van der Waals surface area contributed by atoms with Crippen molar-refractivity contribution in [3.8, 4) is 0 Å². The third-order valence-electron chi connectivity index (χ3n) is 3.37. The Morgan fingerprint density at radius 3 is 2.50 bits per heavy atom. The van der Waals surface area contributed by atoms with Crippen LogP contribution in [0.2, 0.25) is 10.0 Å². The number of likely N-dealkylation sites (N-methyl/N-ethyl adjacent to an activating group) is 1. The average molecular weight is 345 g/mol. The van der Waals surface area contributed by atoms with Crippen LogP contribution in [0.5, 0.6) is 0 Å². The first kappa shape index (κ1) is 17.0. The zero-order chi connectivity index (χ0) is 16.1. The number of carbonyl (C=O) groups excluding carboxylic acids is 2. The molecule has 0 unspecified atom stereocenters. The summed E-state index contributed by atoms with van der Waals surface area (Å²) in [5, 5.41) is 5.10. The predicted octanol–water partition coefficient (Wildman–Crippen LogP) is 1.00. The smallest absolute Gasteiger partial charge is 0.253 e. The summed E-state index contributed by atoms with van der Waals surface area (Å²) in [5.74, 6) is -0.668. The lowest BCUT2D eigenvalue weighted by molar-refractivity contribution is -0.125. The fourth-order valence-corrected chi connectivity index (χ4v) is 2.56. The molecule has 0 atom stereocenters. The summed E-state index contributed by atoms with van der Waals surface area (Å²) in [6, 6.07) is 4.59. The van der Waals surface area contributed by atoms with Crippen molar-refractivity contribution < 1.29 is 9.59 Å². The molecule has 0 spiro atoms. The van der Waals surface area contributed by atoms with Crippen LogP contribution >= 0.6 is 23.2 Å². The Balaban J connectivity index is 1.79. The Labute approximate surface area is 139 Å². The van der Waals surface area contributed by atoms with E-state index in [4.69, 9.17) is 23.2 Å². The average Bonchev–Trinajstić information content (AvgIpc) is 2.47. The molecule has 8 heteroatoms. The zero-order valence-electron chi connectivity index (χ0n) is 12.2. The molecule has 6 nitrogen and oxygen atoms in total. The number of nitrogens with zero attached hydrogens (tertiary/aromatic N) is 2. The molecule has 22 heavy (non-hydrogen) atoms. The van der Waals surface area contributed by atoms with Gasteiger partial charge in [0.05, 0.1) is 17.1 Å². The van der Waals surface area contributed by atoms with Gasteiger partial charge in [-0.05, 0) is 25.2 Å². The Kier molecular flexibility index (Phi) is 6.02. The number of hydrazine groups is 1. The molecule has 0 aliphatic carbocycles. The molecule has 120 valence electrons. The van der Waals surface area contributed by atoms with E-state index in [1.165, 1.54) is 12.1 Å². The molecule has 2 rings (SSSR count). The monoisotopic (exact) mass is 344 g/mol. The molecular formula is C14H18Cl2N4O2. The van der Waals surface area contributed by atoms with E-state index in [9.17, 15) is 9.59 Å². The molecule has 2 amide bonds. The molecule has 0 aromatic heterocycles. The molecule has 2 N–H and O–H groups in total. The predicted molar refractivity (Wildman–Crippen MR) is 86.0 cm³/mol. The van der Waals surface area contributed by atoms with Crippen LogP contribution < -0.4 is 10.7 Å². The van der Waals surface area contributed by atoms with Crippen LogP contribution in [0.4, 0.5) is 0 Å². The Bertz CT molecular complexity index is 560. The summed E-state index contributed by atoms with van der Waals surface area (Å²) in [6.07, 6.45) is 0. The van der Waals surface area contributed by atoms with Crippen molar-refractivity contribution in [3.05, 3.63) is 33.8 Å². The van der Waals surface area contributed by atoms with Crippen LogP contribution in [0.1, 0.15) is 10.4 Å². The molecule has 1 fully saturated rings. The number of benzene rings is 1. The second-order valence-electron chi connectivity index (χ2n) is 5.13. The summed E-state index contributed by atoms with van der Waals surface area (Å²) >= 11 is 11.7. The van der Waals surface area contributed by atoms with Gasteiger partial charge in [0.1, 0.15) is 0 Å². The van der Waals surface area contributed by atoms with Crippen LogP contribution in [-0.2, 0) is 4.79 Å². The van der Waals surface area contributed by atoms with Crippen LogP contribution in [0.25, 0.3) is 0 Å². The number of amides is 2. The number of carbonyl (C=O) groups is 2. The van der Waals surface area contributed by atoms with Gasteiger partial charge in [-0.2, -0.15) is 0 Å². The second-order valence-corrected chi connectivity index (χ2v) is 5.98. The van der Waals surface area contributed by atoms with E-state index >= 15 is 0 Å². The number of halogens is 2. The van der Waals surface area contributed by atoms with E-state index in [2.05, 4.69) is 15.6 Å². The quantitative estimate of drug-likeness (QED) is 0.855. The number of rotatable bonds is 4. The highest BCUT2D eigenvalue weighted by atomic mass is 35.5. The van der Waals surface area contributed by atoms with Crippen molar-refractivity contribution in [3.63, 3.8) is 0 Å². The number of nitrogens with one attached hydrogen (secondary N) is 2. The minimum absolute atomic E-state index is 0.107. The van der Waals surface area contributed by atoms with Crippen molar-refractivity contribution in [1.82, 2.24) is 20.7 Å². The van der Waals surface area contributed by atoms with Gasteiger partial charge >= 0.3 is 0 Å². The number of piperazine rings is 1. The van der Waals surface area contributed by atoms with Crippen LogP contribution in [0.3, 0.4) is 0 Å². The van der Waals surface area contributed by atoms with E-state index < -0.39 is 5.91 Å².